The van der Waals surface area contributed by atoms with Crippen LogP contribution in [-0.4, -0.2) is 61.8 Å². The minimum Gasteiger partial charge on any atom is -0.330 e. The van der Waals surface area contributed by atoms with E-state index in [0.717, 1.165) is 13.0 Å². The van der Waals surface area contributed by atoms with Crippen molar-refractivity contribution in [1.82, 2.24) is 9.80 Å². The fourth-order valence-electron chi connectivity index (χ4n) is 2.84. The van der Waals surface area contributed by atoms with Gasteiger partial charge >= 0.3 is 6.18 Å². The molecule has 1 aliphatic rings. The molecule has 0 aliphatic carbocycles. The Balaban J connectivity index is 2.34. The molecule has 1 rings (SSSR count). The van der Waals surface area contributed by atoms with Crippen LogP contribution >= 0.6 is 0 Å². The van der Waals surface area contributed by atoms with Crippen LogP contribution in [0.3, 0.4) is 0 Å². The molecule has 0 bridgehead atoms. The van der Waals surface area contributed by atoms with Gasteiger partial charge in [0.2, 0.25) is 0 Å². The summed E-state index contributed by atoms with van der Waals surface area (Å²) >= 11 is 0. The van der Waals surface area contributed by atoms with Gasteiger partial charge in [0.1, 0.15) is 0 Å². The molecule has 20 heavy (non-hydrogen) atoms. The third-order valence-corrected chi connectivity index (χ3v) is 3.62. The first-order chi connectivity index (χ1) is 9.09. The number of piperazine rings is 1. The van der Waals surface area contributed by atoms with Crippen LogP contribution < -0.4 is 5.73 Å². The zero-order valence-electron chi connectivity index (χ0n) is 12.8. The fraction of sp³-hybridized carbons (Fsp3) is 1.00. The Morgan fingerprint density at radius 2 is 1.50 bits per heavy atom. The molecule has 1 fully saturated rings. The molecule has 0 aromatic heterocycles. The first-order valence-electron chi connectivity index (χ1n) is 7.30. The van der Waals surface area contributed by atoms with Crippen LogP contribution in [0.15, 0.2) is 0 Å². The van der Waals surface area contributed by atoms with Crippen molar-refractivity contribution >= 4 is 0 Å². The van der Waals surface area contributed by atoms with Gasteiger partial charge in [-0.3, -0.25) is 4.90 Å². The number of nitrogens with zero attached hydrogens (tertiary/aromatic N) is 2. The van der Waals surface area contributed by atoms with Gasteiger partial charge < -0.3 is 10.6 Å². The van der Waals surface area contributed by atoms with Crippen LogP contribution in [0, 0.1) is 11.3 Å². The van der Waals surface area contributed by atoms with E-state index in [-0.39, 0.29) is 5.41 Å². The summed E-state index contributed by atoms with van der Waals surface area (Å²) in [6.45, 7) is 9.72. The van der Waals surface area contributed by atoms with Gasteiger partial charge in [-0.05, 0) is 24.3 Å². The molecular weight excluding hydrogens is 267 g/mol. The van der Waals surface area contributed by atoms with Crippen molar-refractivity contribution in [2.24, 2.45) is 17.1 Å². The van der Waals surface area contributed by atoms with Crippen LogP contribution in [0.4, 0.5) is 13.2 Å². The van der Waals surface area contributed by atoms with E-state index >= 15 is 0 Å². The summed E-state index contributed by atoms with van der Waals surface area (Å²) in [6, 6.07) is 0. The Labute approximate surface area is 120 Å². The summed E-state index contributed by atoms with van der Waals surface area (Å²) in [5.74, 6) is 0.421. The third kappa shape index (κ3) is 7.45. The van der Waals surface area contributed by atoms with Crippen LogP contribution in [-0.2, 0) is 0 Å². The van der Waals surface area contributed by atoms with Crippen molar-refractivity contribution in [2.45, 2.75) is 33.4 Å². The minimum absolute atomic E-state index is 0.238. The Morgan fingerprint density at radius 3 is 1.90 bits per heavy atom. The highest BCUT2D eigenvalue weighted by molar-refractivity contribution is 4.78. The molecule has 3 nitrogen and oxygen atoms in total. The molecule has 0 aromatic carbocycles. The maximum Gasteiger partial charge on any atom is 0.401 e. The van der Waals surface area contributed by atoms with Crippen LogP contribution in [0.25, 0.3) is 0 Å². The molecule has 1 aliphatic heterocycles. The summed E-state index contributed by atoms with van der Waals surface area (Å²) in [7, 11) is 0. The standard InChI is InChI=1S/C14H28F3N3/c1-13(2,3)8-12(9-18)10-19-4-6-20(7-5-19)11-14(15,16)17/h12H,4-11,18H2,1-3H3. The smallest absolute Gasteiger partial charge is 0.330 e. The molecule has 1 saturated heterocycles. The number of halogens is 3. The number of alkyl halides is 3. The summed E-state index contributed by atoms with van der Waals surface area (Å²) in [4.78, 5) is 3.73. The van der Waals surface area contributed by atoms with Crippen molar-refractivity contribution in [3.8, 4) is 0 Å². The Kier molecular flexibility index (Phi) is 6.28. The maximum atomic E-state index is 12.3. The predicted octanol–water partition coefficient (Wildman–Crippen LogP) is 2.18. The normalized spacial score (nSPS) is 21.1. The molecule has 1 heterocycles. The second kappa shape index (κ2) is 7.09. The lowest BCUT2D eigenvalue weighted by Crippen LogP contribution is -2.50. The molecule has 0 spiro atoms. The molecular formula is C14H28F3N3. The summed E-state index contributed by atoms with van der Waals surface area (Å²) in [5.41, 5.74) is 6.06. The van der Waals surface area contributed by atoms with Gasteiger partial charge in [0, 0.05) is 32.7 Å². The quantitative estimate of drug-likeness (QED) is 0.844. The topological polar surface area (TPSA) is 32.5 Å². The second-order valence-corrected chi connectivity index (χ2v) is 7.06. The number of hydrogen-bond donors (Lipinski definition) is 1. The minimum atomic E-state index is -4.09. The Bertz CT molecular complexity index is 278. The SMILES string of the molecule is CC(C)(C)CC(CN)CN1CCN(CC(F)(F)F)CC1. The van der Waals surface area contributed by atoms with Gasteiger partial charge in [-0.2, -0.15) is 13.2 Å². The number of nitrogens with two attached hydrogens (primary N) is 1. The lowest BCUT2D eigenvalue weighted by molar-refractivity contribution is -0.149. The molecule has 1 unspecified atom stereocenters. The van der Waals surface area contributed by atoms with E-state index in [0.29, 0.717) is 38.6 Å². The van der Waals surface area contributed by atoms with E-state index in [9.17, 15) is 13.2 Å². The monoisotopic (exact) mass is 295 g/mol. The molecule has 2 N–H and O–H groups in total. The average molecular weight is 295 g/mol. The van der Waals surface area contributed by atoms with Crippen molar-refractivity contribution in [3.63, 3.8) is 0 Å². The van der Waals surface area contributed by atoms with Crippen LogP contribution in [0.2, 0.25) is 0 Å². The highest BCUT2D eigenvalue weighted by atomic mass is 19.4. The van der Waals surface area contributed by atoms with Gasteiger partial charge in [-0.1, -0.05) is 20.8 Å². The van der Waals surface area contributed by atoms with Crippen molar-refractivity contribution in [3.05, 3.63) is 0 Å². The molecule has 0 saturated carbocycles. The lowest BCUT2D eigenvalue weighted by Gasteiger charge is -2.37. The van der Waals surface area contributed by atoms with Crippen molar-refractivity contribution in [2.75, 3.05) is 45.8 Å². The second-order valence-electron chi connectivity index (χ2n) is 7.06. The van der Waals surface area contributed by atoms with Crippen molar-refractivity contribution in [1.29, 1.82) is 0 Å². The number of rotatable bonds is 5. The molecule has 0 aromatic rings. The third-order valence-electron chi connectivity index (χ3n) is 3.62. The lowest BCUT2D eigenvalue weighted by atomic mass is 9.84. The molecule has 0 radical (unpaired) electrons. The van der Waals surface area contributed by atoms with Crippen LogP contribution in [0.1, 0.15) is 27.2 Å². The Morgan fingerprint density at radius 1 is 1.00 bits per heavy atom. The fourth-order valence-corrected chi connectivity index (χ4v) is 2.84. The predicted molar refractivity (Wildman–Crippen MR) is 75.6 cm³/mol. The van der Waals surface area contributed by atoms with Gasteiger partial charge in [-0.15, -0.1) is 0 Å². The van der Waals surface area contributed by atoms with E-state index in [4.69, 9.17) is 5.73 Å². The maximum absolute atomic E-state index is 12.3. The van der Waals surface area contributed by atoms with E-state index in [2.05, 4.69) is 25.7 Å². The molecule has 1 atom stereocenters. The van der Waals surface area contributed by atoms with E-state index < -0.39 is 12.7 Å². The summed E-state index contributed by atoms with van der Waals surface area (Å²) in [5, 5.41) is 0. The summed E-state index contributed by atoms with van der Waals surface area (Å²) in [6.07, 6.45) is -3.04. The van der Waals surface area contributed by atoms with E-state index in [1.165, 1.54) is 4.90 Å². The van der Waals surface area contributed by atoms with Crippen LogP contribution in [0.5, 0.6) is 0 Å². The van der Waals surface area contributed by atoms with Gasteiger partial charge in [0.05, 0.1) is 6.54 Å². The largest absolute Gasteiger partial charge is 0.401 e. The van der Waals surface area contributed by atoms with E-state index in [1.807, 2.05) is 0 Å². The van der Waals surface area contributed by atoms with Gasteiger partial charge in [-0.25, -0.2) is 0 Å². The zero-order valence-corrected chi connectivity index (χ0v) is 12.8. The van der Waals surface area contributed by atoms with Gasteiger partial charge in [0.15, 0.2) is 0 Å². The highest BCUT2D eigenvalue weighted by Gasteiger charge is 2.32. The molecule has 6 heteroatoms. The Hall–Kier alpha value is -0.330. The molecule has 0 amide bonds. The van der Waals surface area contributed by atoms with Crippen molar-refractivity contribution < 1.29 is 13.2 Å². The first kappa shape index (κ1) is 17.7. The number of hydrogen-bond acceptors (Lipinski definition) is 3. The first-order valence-corrected chi connectivity index (χ1v) is 7.30. The van der Waals surface area contributed by atoms with E-state index in [1.54, 1.807) is 0 Å². The van der Waals surface area contributed by atoms with Gasteiger partial charge in [0.25, 0.3) is 0 Å². The zero-order chi connectivity index (χ0) is 15.4. The summed E-state index contributed by atoms with van der Waals surface area (Å²) < 4.78 is 36.9. The average Bonchev–Trinajstić information content (AvgIpc) is 2.27. The molecule has 120 valence electrons. The highest BCUT2D eigenvalue weighted by Crippen LogP contribution is 2.25.